The number of hydrogen-bond donors (Lipinski definition) is 2. The molecule has 1 unspecified atom stereocenters. The van der Waals surface area contributed by atoms with Gasteiger partial charge in [0.25, 0.3) is 11.5 Å². The van der Waals surface area contributed by atoms with Gasteiger partial charge in [0.05, 0.1) is 7.05 Å². The smallest absolute Gasteiger partial charge is 0.279 e. The van der Waals surface area contributed by atoms with Crippen LogP contribution in [-0.4, -0.2) is 28.9 Å². The van der Waals surface area contributed by atoms with Crippen molar-refractivity contribution in [2.24, 2.45) is 0 Å². The molecule has 1 amide bonds. The number of carbonyl (C=O) groups is 1. The highest BCUT2D eigenvalue weighted by molar-refractivity contribution is 7.15. The standard InChI is InChI=1S/C16H15FN4O2S/c1-20(10-14(22)18-12-4-2-11(17)3-5-12)9-13-8-15(23)21-6-7-24-16(21)19-13/h2-8H,9-10H2,1H3,(H,18,22)/p+1. The number of nitrogens with one attached hydrogen (secondary N) is 2. The third-order valence-electron chi connectivity index (χ3n) is 3.43. The number of amides is 1. The van der Waals surface area contributed by atoms with Crippen LogP contribution >= 0.6 is 11.3 Å². The molecule has 0 aliphatic carbocycles. The van der Waals surface area contributed by atoms with Gasteiger partial charge in [-0.1, -0.05) is 0 Å². The molecule has 0 saturated heterocycles. The van der Waals surface area contributed by atoms with Crippen LogP contribution in [-0.2, 0) is 11.3 Å². The Morgan fingerprint density at radius 3 is 2.88 bits per heavy atom. The highest BCUT2D eigenvalue weighted by Gasteiger charge is 2.13. The second-order valence-corrected chi connectivity index (χ2v) is 6.38. The van der Waals surface area contributed by atoms with Crippen LogP contribution < -0.4 is 15.8 Å². The molecule has 0 saturated carbocycles. The van der Waals surface area contributed by atoms with E-state index in [0.29, 0.717) is 22.9 Å². The average Bonchev–Trinajstić information content (AvgIpc) is 2.98. The molecule has 24 heavy (non-hydrogen) atoms. The number of aromatic nitrogens is 2. The zero-order valence-corrected chi connectivity index (χ0v) is 13.8. The van der Waals surface area contributed by atoms with Gasteiger partial charge in [0.1, 0.15) is 18.1 Å². The zero-order valence-electron chi connectivity index (χ0n) is 13.0. The summed E-state index contributed by atoms with van der Waals surface area (Å²) >= 11 is 1.39. The molecule has 2 N–H and O–H groups in total. The van der Waals surface area contributed by atoms with Crippen molar-refractivity contribution in [2.75, 3.05) is 18.9 Å². The Morgan fingerprint density at radius 1 is 1.38 bits per heavy atom. The van der Waals surface area contributed by atoms with E-state index < -0.39 is 0 Å². The molecule has 0 bridgehead atoms. The number of hydrogen-bond acceptors (Lipinski definition) is 4. The predicted molar refractivity (Wildman–Crippen MR) is 89.8 cm³/mol. The number of quaternary nitrogens is 1. The maximum atomic E-state index is 12.8. The number of halogens is 1. The van der Waals surface area contributed by atoms with Crippen LogP contribution in [0.25, 0.3) is 4.96 Å². The maximum Gasteiger partial charge on any atom is 0.279 e. The summed E-state index contributed by atoms with van der Waals surface area (Å²) in [7, 11) is 1.85. The van der Waals surface area contributed by atoms with Crippen LogP contribution in [0.1, 0.15) is 5.69 Å². The quantitative estimate of drug-likeness (QED) is 0.708. The molecular weight excluding hydrogens is 331 g/mol. The van der Waals surface area contributed by atoms with Gasteiger partial charge < -0.3 is 10.2 Å². The van der Waals surface area contributed by atoms with Crippen molar-refractivity contribution >= 4 is 27.9 Å². The normalized spacial score (nSPS) is 12.2. The summed E-state index contributed by atoms with van der Waals surface area (Å²) in [6.45, 7) is 0.670. The Balaban J connectivity index is 1.61. The largest absolute Gasteiger partial charge is 0.325 e. The van der Waals surface area contributed by atoms with Crippen LogP contribution in [0.3, 0.4) is 0 Å². The minimum atomic E-state index is -0.350. The third kappa shape index (κ3) is 3.84. The van der Waals surface area contributed by atoms with Crippen LogP contribution in [0.5, 0.6) is 0 Å². The molecule has 0 fully saturated rings. The predicted octanol–water partition coefficient (Wildman–Crippen LogP) is 0.548. The van der Waals surface area contributed by atoms with Crippen molar-refractivity contribution in [2.45, 2.75) is 6.54 Å². The topological polar surface area (TPSA) is 67.9 Å². The van der Waals surface area contributed by atoms with E-state index in [-0.39, 0.29) is 23.8 Å². The second-order valence-electron chi connectivity index (χ2n) is 5.51. The van der Waals surface area contributed by atoms with Gasteiger partial charge in [-0.3, -0.25) is 14.0 Å². The molecule has 1 atom stereocenters. The number of fused-ring (bicyclic) bond motifs is 1. The Hall–Kier alpha value is -2.58. The summed E-state index contributed by atoms with van der Waals surface area (Å²) in [5.74, 6) is -0.537. The first-order valence-electron chi connectivity index (χ1n) is 7.34. The molecule has 0 spiro atoms. The number of likely N-dealkylation sites (N-methyl/N-ethyl adjacent to an activating group) is 1. The lowest BCUT2D eigenvalue weighted by molar-refractivity contribution is -0.885. The molecule has 2 aromatic heterocycles. The highest BCUT2D eigenvalue weighted by Crippen LogP contribution is 2.08. The van der Waals surface area contributed by atoms with Gasteiger partial charge in [-0.15, -0.1) is 11.3 Å². The maximum absolute atomic E-state index is 12.8. The van der Waals surface area contributed by atoms with Gasteiger partial charge >= 0.3 is 0 Å². The van der Waals surface area contributed by atoms with Crippen LogP contribution in [0.15, 0.2) is 46.7 Å². The van der Waals surface area contributed by atoms with Gasteiger partial charge in [0, 0.05) is 23.3 Å². The van der Waals surface area contributed by atoms with E-state index in [4.69, 9.17) is 0 Å². The van der Waals surface area contributed by atoms with E-state index in [1.165, 1.54) is 46.1 Å². The number of thiazole rings is 1. The van der Waals surface area contributed by atoms with Gasteiger partial charge in [0.2, 0.25) is 0 Å². The summed E-state index contributed by atoms with van der Waals surface area (Å²) in [6, 6.07) is 7.09. The van der Waals surface area contributed by atoms with E-state index in [2.05, 4.69) is 10.3 Å². The molecule has 3 rings (SSSR count). The molecule has 2 heterocycles. The summed E-state index contributed by atoms with van der Waals surface area (Å²) < 4.78 is 14.3. The van der Waals surface area contributed by atoms with Crippen molar-refractivity contribution in [3.8, 4) is 0 Å². The fourth-order valence-electron chi connectivity index (χ4n) is 2.36. The fraction of sp³-hybridized carbons (Fsp3) is 0.188. The Kier molecular flexibility index (Phi) is 4.68. The number of rotatable bonds is 5. The monoisotopic (exact) mass is 347 g/mol. The molecule has 1 aromatic carbocycles. The Morgan fingerprint density at radius 2 is 2.12 bits per heavy atom. The molecule has 124 valence electrons. The fourth-order valence-corrected chi connectivity index (χ4v) is 3.10. The second kappa shape index (κ2) is 6.90. The highest BCUT2D eigenvalue weighted by atomic mass is 32.1. The first-order chi connectivity index (χ1) is 11.5. The number of nitrogens with zero attached hydrogens (tertiary/aromatic N) is 2. The Bertz CT molecular complexity index is 920. The van der Waals surface area contributed by atoms with Crippen LogP contribution in [0.4, 0.5) is 10.1 Å². The molecule has 6 nitrogen and oxygen atoms in total. The first kappa shape index (κ1) is 16.3. The molecule has 0 aliphatic rings. The van der Waals surface area contributed by atoms with Crippen molar-refractivity contribution in [1.29, 1.82) is 0 Å². The molecular formula is C16H16FN4O2S+. The van der Waals surface area contributed by atoms with Gasteiger partial charge in [-0.2, -0.15) is 0 Å². The van der Waals surface area contributed by atoms with Crippen molar-refractivity contribution < 1.29 is 14.1 Å². The lowest BCUT2D eigenvalue weighted by atomic mass is 10.3. The summed E-state index contributed by atoms with van der Waals surface area (Å²) in [5, 5.41) is 4.52. The van der Waals surface area contributed by atoms with E-state index in [0.717, 1.165) is 4.90 Å². The Labute approximate surface area is 141 Å². The molecule has 3 aromatic rings. The lowest BCUT2D eigenvalue weighted by Gasteiger charge is -2.13. The minimum absolute atomic E-state index is 0.125. The van der Waals surface area contributed by atoms with Gasteiger partial charge in [-0.05, 0) is 24.3 Å². The molecule has 0 aliphatic heterocycles. The van der Waals surface area contributed by atoms with Crippen LogP contribution in [0, 0.1) is 5.82 Å². The number of carbonyl (C=O) groups excluding carboxylic acids is 1. The first-order valence-corrected chi connectivity index (χ1v) is 8.22. The van der Waals surface area contributed by atoms with Gasteiger partial charge in [-0.25, -0.2) is 9.37 Å². The van der Waals surface area contributed by atoms with E-state index in [9.17, 15) is 14.0 Å². The SMILES string of the molecule is C[NH+](CC(=O)Nc1ccc(F)cc1)Cc1cc(=O)n2ccsc2n1. The number of anilines is 1. The molecule has 0 radical (unpaired) electrons. The van der Waals surface area contributed by atoms with Crippen molar-refractivity contribution in [3.05, 3.63) is 63.8 Å². The van der Waals surface area contributed by atoms with Crippen LogP contribution in [0.2, 0.25) is 0 Å². The van der Waals surface area contributed by atoms with Crippen molar-refractivity contribution in [1.82, 2.24) is 9.38 Å². The summed E-state index contributed by atoms with van der Waals surface area (Å²) in [5.41, 5.74) is 1.07. The summed E-state index contributed by atoms with van der Waals surface area (Å²) in [4.78, 5) is 29.9. The van der Waals surface area contributed by atoms with Gasteiger partial charge in [0.15, 0.2) is 11.5 Å². The lowest BCUT2D eigenvalue weighted by Crippen LogP contribution is -3.08. The number of benzene rings is 1. The van der Waals surface area contributed by atoms with E-state index in [1.807, 2.05) is 7.05 Å². The molecule has 8 heteroatoms. The zero-order chi connectivity index (χ0) is 17.1. The third-order valence-corrected chi connectivity index (χ3v) is 4.19. The minimum Gasteiger partial charge on any atom is -0.325 e. The summed E-state index contributed by atoms with van der Waals surface area (Å²) in [6.07, 6.45) is 1.69. The van der Waals surface area contributed by atoms with E-state index in [1.54, 1.807) is 11.6 Å². The van der Waals surface area contributed by atoms with Crippen molar-refractivity contribution in [3.63, 3.8) is 0 Å². The average molecular weight is 347 g/mol. The van der Waals surface area contributed by atoms with E-state index >= 15 is 0 Å².